The van der Waals surface area contributed by atoms with Gasteiger partial charge in [0.2, 0.25) is 0 Å². The summed E-state index contributed by atoms with van der Waals surface area (Å²) < 4.78 is 63.9. The number of rotatable bonds is 21. The van der Waals surface area contributed by atoms with Gasteiger partial charge in [-0.1, -0.05) is 87.5 Å². The van der Waals surface area contributed by atoms with E-state index in [0.29, 0.717) is 17.2 Å². The average Bonchev–Trinajstić information content (AvgIpc) is 3.62. The number of halogens is 1. The Morgan fingerprint density at radius 3 is 1.93 bits per heavy atom. The Hall–Kier alpha value is -5.72. The van der Waals surface area contributed by atoms with Gasteiger partial charge in [0.05, 0.1) is 39.9 Å². The van der Waals surface area contributed by atoms with Gasteiger partial charge in [-0.3, -0.25) is 9.36 Å². The number of aromatic nitrogens is 2. The molecule has 1 saturated heterocycles. The van der Waals surface area contributed by atoms with E-state index in [1.54, 1.807) is 26.4 Å². The van der Waals surface area contributed by atoms with Crippen molar-refractivity contribution in [2.75, 3.05) is 39.4 Å². The van der Waals surface area contributed by atoms with Crippen LogP contribution in [-0.4, -0.2) is 84.6 Å². The predicted octanol–water partition coefficient (Wildman–Crippen LogP) is 9.48. The van der Waals surface area contributed by atoms with Crippen LogP contribution >= 0.6 is 8.53 Å². The largest absolute Gasteiger partial charge is 0.497 e. The molecular formula is C51H61FN5O9P. The predicted molar refractivity (Wildman–Crippen MR) is 255 cm³/mol. The Morgan fingerprint density at radius 2 is 1.40 bits per heavy atom. The number of alkyl halides is 1. The van der Waals surface area contributed by atoms with Crippen LogP contribution in [0.15, 0.2) is 120 Å². The number of anilines is 1. The van der Waals surface area contributed by atoms with E-state index in [4.69, 9.17) is 32.7 Å². The Morgan fingerprint density at radius 1 is 0.851 bits per heavy atom. The van der Waals surface area contributed by atoms with Gasteiger partial charge in [0.1, 0.15) is 40.9 Å². The molecule has 5 aromatic rings. The highest BCUT2D eigenvalue weighted by molar-refractivity contribution is 7.44. The maximum atomic E-state index is 17.5. The molecule has 5 atom stereocenters. The maximum Gasteiger partial charge on any atom is 0.351 e. The van der Waals surface area contributed by atoms with E-state index < -0.39 is 50.3 Å². The number of amides is 1. The average molecular weight is 938 g/mol. The number of methoxy groups -OCH3 is 2. The van der Waals surface area contributed by atoms with Crippen LogP contribution in [0.5, 0.6) is 17.2 Å². The van der Waals surface area contributed by atoms with Gasteiger partial charge < -0.3 is 38.0 Å². The van der Waals surface area contributed by atoms with Gasteiger partial charge in [-0.05, 0) is 97.8 Å². The summed E-state index contributed by atoms with van der Waals surface area (Å²) in [7, 11) is 1.20. The first kappa shape index (κ1) is 50.7. The van der Waals surface area contributed by atoms with Crippen molar-refractivity contribution in [3.8, 4) is 23.3 Å². The molecule has 0 saturated carbocycles. The lowest BCUT2D eigenvalue weighted by Gasteiger charge is -2.39. The van der Waals surface area contributed by atoms with Crippen molar-refractivity contribution >= 4 is 20.3 Å². The Bertz CT molecular complexity index is 2410. The highest BCUT2D eigenvalue weighted by Gasteiger charge is 2.51. The highest BCUT2D eigenvalue weighted by Crippen LogP contribution is 2.51. The zero-order valence-electron chi connectivity index (χ0n) is 39.6. The maximum absolute atomic E-state index is 17.5. The van der Waals surface area contributed by atoms with Crippen LogP contribution in [0.4, 0.5) is 10.2 Å². The molecule has 1 unspecified atom stereocenters. The molecule has 0 aliphatic carbocycles. The summed E-state index contributed by atoms with van der Waals surface area (Å²) in [6.45, 7) is 13.7. The van der Waals surface area contributed by atoms with E-state index in [1.807, 2.05) is 123 Å². The molecule has 6 rings (SSSR count). The number of carbonyl (C=O) groups excluding carboxylic acids is 1. The van der Waals surface area contributed by atoms with Gasteiger partial charge in [-0.2, -0.15) is 10.2 Å². The highest BCUT2D eigenvalue weighted by atomic mass is 31.2. The van der Waals surface area contributed by atoms with E-state index in [0.717, 1.165) is 26.8 Å². The molecule has 14 nitrogen and oxygen atoms in total. The van der Waals surface area contributed by atoms with Gasteiger partial charge in [-0.15, -0.1) is 0 Å². The molecule has 1 aliphatic rings. The summed E-state index contributed by atoms with van der Waals surface area (Å²) >= 11 is 0. The van der Waals surface area contributed by atoms with Gasteiger partial charge >= 0.3 is 5.69 Å². The summed E-state index contributed by atoms with van der Waals surface area (Å²) in [6.07, 6.45) is -4.56. The first-order valence-corrected chi connectivity index (χ1v) is 23.4. The fourth-order valence-corrected chi connectivity index (χ4v) is 9.68. The molecule has 0 spiro atoms. The van der Waals surface area contributed by atoms with Crippen LogP contribution in [0.3, 0.4) is 0 Å². The first-order chi connectivity index (χ1) is 32.1. The third-order valence-electron chi connectivity index (χ3n) is 11.2. The molecule has 16 heteroatoms. The molecule has 0 bridgehead atoms. The number of nitrogens with zero attached hydrogens (tertiary/aromatic N) is 4. The summed E-state index contributed by atoms with van der Waals surface area (Å²) in [6, 6.07) is 35.4. The van der Waals surface area contributed by atoms with Crippen molar-refractivity contribution in [1.29, 1.82) is 5.26 Å². The zero-order chi connectivity index (χ0) is 48.3. The second kappa shape index (κ2) is 22.9. The van der Waals surface area contributed by atoms with E-state index in [-0.39, 0.29) is 49.6 Å². The van der Waals surface area contributed by atoms with Gasteiger partial charge in [0.25, 0.3) is 14.4 Å². The zero-order valence-corrected chi connectivity index (χ0v) is 40.4. The van der Waals surface area contributed by atoms with Gasteiger partial charge in [0, 0.05) is 18.3 Å². The third-order valence-corrected chi connectivity index (χ3v) is 13.4. The van der Waals surface area contributed by atoms with Crippen LogP contribution in [0, 0.1) is 11.3 Å². The lowest BCUT2D eigenvalue weighted by molar-refractivity contribution is -0.118. The van der Waals surface area contributed by atoms with Gasteiger partial charge in [0.15, 0.2) is 19.0 Å². The smallest absolute Gasteiger partial charge is 0.351 e. The van der Waals surface area contributed by atoms with Crippen LogP contribution in [0.1, 0.15) is 83.4 Å². The molecule has 1 aromatic heterocycles. The Kier molecular flexibility index (Phi) is 17.3. The second-order valence-corrected chi connectivity index (χ2v) is 19.0. The van der Waals surface area contributed by atoms with E-state index in [2.05, 4.69) is 37.1 Å². The van der Waals surface area contributed by atoms with E-state index in [1.165, 1.54) is 12.3 Å². The molecule has 2 heterocycles. The van der Waals surface area contributed by atoms with Crippen LogP contribution in [0.25, 0.3) is 0 Å². The molecular weight excluding hydrogens is 877 g/mol. The van der Waals surface area contributed by atoms with Crippen molar-refractivity contribution in [3.05, 3.63) is 148 Å². The number of ether oxygens (including phenoxy) is 5. The Balaban J connectivity index is 1.34. The van der Waals surface area contributed by atoms with Crippen molar-refractivity contribution in [3.63, 3.8) is 0 Å². The molecule has 1 amide bonds. The normalized spacial score (nSPS) is 17.9. The number of hydrogen-bond donors (Lipinski definition) is 1. The summed E-state index contributed by atoms with van der Waals surface area (Å²) in [5.41, 5.74) is 1.14. The molecule has 4 aromatic carbocycles. The lowest BCUT2D eigenvalue weighted by atomic mass is 9.80. The number of benzene rings is 4. The van der Waals surface area contributed by atoms with Crippen molar-refractivity contribution in [1.82, 2.24) is 14.2 Å². The summed E-state index contributed by atoms with van der Waals surface area (Å²) in [4.78, 5) is 30.8. The number of nitrogens with one attached hydrogen (secondary N) is 1. The first-order valence-electron chi connectivity index (χ1n) is 22.2. The molecule has 1 fully saturated rings. The molecule has 1 aliphatic heterocycles. The molecule has 356 valence electrons. The van der Waals surface area contributed by atoms with Crippen LogP contribution in [-0.2, 0) is 34.3 Å². The standard InChI is InChI=1S/C51H61FN5O9P/c1-34(2)57(35(3)4)67(64-31-13-29-53)66-47-43(32-63-51(37-14-11-10-12-15-37,38-18-22-40(60-8)23-19-38)39-20-24-41(61-9)25-21-39)65-48(46(47)52)56-30-28-44(55-49(56)59)54-45(58)33-62-42-26-16-36(17-27-42)50(5,6)7/h10-12,14-28,30,34-35,43,46-48H,13,31-33H2,1-9H3,(H,54,55,58,59)/t43-,46-,47-,48-,67?/m1/s1. The van der Waals surface area contributed by atoms with Crippen LogP contribution < -0.4 is 25.2 Å². The van der Waals surface area contributed by atoms with Gasteiger partial charge in [-0.25, -0.2) is 13.9 Å². The number of nitriles is 1. The minimum atomic E-state index is -1.98. The minimum Gasteiger partial charge on any atom is -0.497 e. The fraction of sp³-hybridized carbons (Fsp3) is 0.412. The molecule has 67 heavy (non-hydrogen) atoms. The topological polar surface area (TPSA) is 156 Å². The summed E-state index contributed by atoms with van der Waals surface area (Å²) in [5.74, 6) is 1.19. The minimum absolute atomic E-state index is 0.0427. The second-order valence-electron chi connectivity index (χ2n) is 17.6. The van der Waals surface area contributed by atoms with E-state index in [9.17, 15) is 14.9 Å². The molecule has 1 N–H and O–H groups in total. The van der Waals surface area contributed by atoms with Crippen molar-refractivity contribution in [2.24, 2.45) is 0 Å². The van der Waals surface area contributed by atoms with E-state index >= 15 is 4.39 Å². The molecule has 0 radical (unpaired) electrons. The SMILES string of the molecule is COc1ccc(C(OC[C@H]2O[C@@H](n3ccc(NC(=O)COc4ccc(C(C)(C)C)cc4)nc3=O)[C@H](F)[C@@H]2OP(OCCC#N)N(C(C)C)C(C)C)(c2ccccc2)c2ccc(OC)cc2)cc1. The third kappa shape index (κ3) is 12.3. The fourth-order valence-electron chi connectivity index (χ4n) is 7.91. The van der Waals surface area contributed by atoms with Crippen molar-refractivity contribution in [2.45, 2.75) is 103 Å². The number of hydrogen-bond acceptors (Lipinski definition) is 12. The van der Waals surface area contributed by atoms with Crippen LogP contribution in [0.2, 0.25) is 0 Å². The van der Waals surface area contributed by atoms with Crippen molar-refractivity contribution < 1.29 is 41.9 Å². The quantitative estimate of drug-likeness (QED) is 0.0423. The number of carbonyl (C=O) groups is 1. The summed E-state index contributed by atoms with van der Waals surface area (Å²) in [5, 5.41) is 12.0. The monoisotopic (exact) mass is 937 g/mol. The lowest BCUT2D eigenvalue weighted by Crippen LogP contribution is -2.41. The Labute approximate surface area is 393 Å².